The number of halogens is 1. The highest BCUT2D eigenvalue weighted by atomic mass is 19.1. The van der Waals surface area contributed by atoms with Gasteiger partial charge in [-0.05, 0) is 57.0 Å². The first-order valence-corrected chi connectivity index (χ1v) is 11.0. The molecule has 1 N–H and O–H groups in total. The van der Waals surface area contributed by atoms with Crippen molar-refractivity contribution in [3.05, 3.63) is 59.9 Å². The van der Waals surface area contributed by atoms with Crippen molar-refractivity contribution < 1.29 is 23.5 Å². The highest BCUT2D eigenvalue weighted by Gasteiger charge is 2.27. The quantitative estimate of drug-likeness (QED) is 0.495. The largest absolute Gasteiger partial charge is 0.497 e. The van der Waals surface area contributed by atoms with Gasteiger partial charge >= 0.3 is 0 Å². The molecule has 0 saturated carbocycles. The van der Waals surface area contributed by atoms with Gasteiger partial charge in [0.05, 0.1) is 13.7 Å². The number of amides is 2. The molecule has 174 valence electrons. The maximum Gasteiger partial charge on any atom is 0.242 e. The van der Waals surface area contributed by atoms with Gasteiger partial charge < -0.3 is 19.7 Å². The van der Waals surface area contributed by atoms with Crippen LogP contribution in [0.2, 0.25) is 0 Å². The van der Waals surface area contributed by atoms with Crippen LogP contribution >= 0.6 is 0 Å². The fraction of sp³-hybridized carbons (Fsp3) is 0.440. The van der Waals surface area contributed by atoms with E-state index in [0.717, 1.165) is 12.2 Å². The Labute approximate surface area is 189 Å². The van der Waals surface area contributed by atoms with Gasteiger partial charge in [-0.15, -0.1) is 0 Å². The van der Waals surface area contributed by atoms with Crippen LogP contribution in [-0.2, 0) is 16.1 Å². The Morgan fingerprint density at radius 2 is 1.72 bits per heavy atom. The zero-order valence-electron chi connectivity index (χ0n) is 19.3. The number of nitrogens with zero attached hydrogens (tertiary/aromatic N) is 1. The maximum atomic E-state index is 14.2. The Balaban J connectivity index is 2.00. The van der Waals surface area contributed by atoms with Crippen LogP contribution in [0.25, 0.3) is 0 Å². The lowest BCUT2D eigenvalue weighted by atomic mass is 10.1. The number of carbonyl (C=O) groups excluding carboxylic acids is 2. The Morgan fingerprint density at radius 3 is 2.34 bits per heavy atom. The van der Waals surface area contributed by atoms with Crippen LogP contribution in [0.3, 0.4) is 0 Å². The van der Waals surface area contributed by atoms with E-state index >= 15 is 0 Å². The molecule has 0 spiro atoms. The first-order valence-electron chi connectivity index (χ1n) is 11.0. The molecule has 0 unspecified atom stereocenters. The third-order valence-electron chi connectivity index (χ3n) is 5.33. The molecule has 0 aliphatic heterocycles. The van der Waals surface area contributed by atoms with Crippen LogP contribution in [-0.4, -0.2) is 42.5 Å². The molecule has 0 radical (unpaired) electrons. The van der Waals surface area contributed by atoms with Gasteiger partial charge in [0.2, 0.25) is 11.8 Å². The summed E-state index contributed by atoms with van der Waals surface area (Å²) >= 11 is 0. The van der Waals surface area contributed by atoms with E-state index in [9.17, 15) is 14.0 Å². The summed E-state index contributed by atoms with van der Waals surface area (Å²) in [5.41, 5.74) is 0.374. The number of hydrogen-bond acceptors (Lipinski definition) is 4. The molecule has 0 fully saturated rings. The Morgan fingerprint density at radius 1 is 1.06 bits per heavy atom. The van der Waals surface area contributed by atoms with Crippen molar-refractivity contribution in [2.45, 2.75) is 58.7 Å². The Kier molecular flexibility index (Phi) is 9.98. The topological polar surface area (TPSA) is 67.9 Å². The summed E-state index contributed by atoms with van der Waals surface area (Å²) in [6.07, 6.45) is 1.44. The fourth-order valence-electron chi connectivity index (χ4n) is 3.09. The predicted octanol–water partition coefficient (Wildman–Crippen LogP) is 4.33. The molecule has 2 amide bonds. The van der Waals surface area contributed by atoms with Gasteiger partial charge in [0, 0.05) is 24.6 Å². The fourth-order valence-corrected chi connectivity index (χ4v) is 3.09. The average molecular weight is 445 g/mol. The van der Waals surface area contributed by atoms with E-state index in [1.807, 2.05) is 13.8 Å². The first kappa shape index (κ1) is 25.2. The highest BCUT2D eigenvalue weighted by Crippen LogP contribution is 2.18. The van der Waals surface area contributed by atoms with Gasteiger partial charge in [0.25, 0.3) is 0 Å². The molecule has 0 aromatic heterocycles. The summed E-state index contributed by atoms with van der Waals surface area (Å²) < 4.78 is 25.0. The summed E-state index contributed by atoms with van der Waals surface area (Å²) in [6.45, 7) is 5.92. The van der Waals surface area contributed by atoms with Crippen molar-refractivity contribution in [1.29, 1.82) is 0 Å². The second-order valence-electron chi connectivity index (χ2n) is 7.73. The van der Waals surface area contributed by atoms with Crippen molar-refractivity contribution in [2.75, 3.05) is 13.7 Å². The minimum Gasteiger partial charge on any atom is -0.497 e. The number of carbonyl (C=O) groups is 2. The summed E-state index contributed by atoms with van der Waals surface area (Å²) in [7, 11) is 1.60. The molecule has 32 heavy (non-hydrogen) atoms. The molecule has 6 nitrogen and oxygen atoms in total. The highest BCUT2D eigenvalue weighted by molar-refractivity contribution is 5.87. The second-order valence-corrected chi connectivity index (χ2v) is 7.73. The van der Waals surface area contributed by atoms with Gasteiger partial charge in [0.15, 0.2) is 0 Å². The lowest BCUT2D eigenvalue weighted by Crippen LogP contribution is -2.49. The Hall–Kier alpha value is -3.09. The van der Waals surface area contributed by atoms with Crippen LogP contribution in [0.4, 0.5) is 4.39 Å². The van der Waals surface area contributed by atoms with E-state index in [1.54, 1.807) is 56.5 Å². The third-order valence-corrected chi connectivity index (χ3v) is 5.33. The minimum atomic E-state index is -0.724. The molecule has 0 heterocycles. The SMILES string of the molecule is CC[C@@H](C)NC(=O)[C@H](C)N(Cc1ccccc1F)C(=O)CCCOc1ccc(OC)cc1. The molecule has 0 saturated heterocycles. The third kappa shape index (κ3) is 7.55. The molecule has 7 heteroatoms. The van der Waals surface area contributed by atoms with Gasteiger partial charge in [-0.1, -0.05) is 25.1 Å². The zero-order valence-corrected chi connectivity index (χ0v) is 19.3. The summed E-state index contributed by atoms with van der Waals surface area (Å²) in [6, 6.07) is 12.8. The zero-order chi connectivity index (χ0) is 23.5. The van der Waals surface area contributed by atoms with E-state index in [0.29, 0.717) is 24.3 Å². The second kappa shape index (κ2) is 12.7. The van der Waals surface area contributed by atoms with Gasteiger partial charge in [0.1, 0.15) is 23.4 Å². The molecule has 2 atom stereocenters. The van der Waals surface area contributed by atoms with Crippen LogP contribution < -0.4 is 14.8 Å². The van der Waals surface area contributed by atoms with E-state index in [4.69, 9.17) is 9.47 Å². The number of benzene rings is 2. The van der Waals surface area contributed by atoms with Crippen LogP contribution in [0.1, 0.15) is 45.6 Å². The van der Waals surface area contributed by atoms with E-state index in [1.165, 1.54) is 11.0 Å². The molecule has 0 aliphatic rings. The van der Waals surface area contributed by atoms with Crippen molar-refractivity contribution in [3.63, 3.8) is 0 Å². The molecular weight excluding hydrogens is 411 g/mol. The molecular formula is C25H33FN2O4. The number of hydrogen-bond donors (Lipinski definition) is 1. The summed E-state index contributed by atoms with van der Waals surface area (Å²) in [5.74, 6) is 0.545. The minimum absolute atomic E-state index is 0.00624. The molecule has 2 aromatic rings. The molecule has 2 rings (SSSR count). The van der Waals surface area contributed by atoms with E-state index < -0.39 is 11.9 Å². The average Bonchev–Trinajstić information content (AvgIpc) is 2.80. The standard InChI is InChI=1S/C25H33FN2O4/c1-5-18(2)27-25(30)19(3)28(17-20-9-6-7-10-23(20)26)24(29)11-8-16-32-22-14-12-21(31-4)13-15-22/h6-7,9-10,12-15,18-19H,5,8,11,16-17H2,1-4H3,(H,27,30)/t18-,19+/m1/s1. The van der Waals surface area contributed by atoms with E-state index in [2.05, 4.69) is 5.32 Å². The lowest BCUT2D eigenvalue weighted by molar-refractivity contribution is -0.141. The van der Waals surface area contributed by atoms with Crippen molar-refractivity contribution in [1.82, 2.24) is 10.2 Å². The number of nitrogens with one attached hydrogen (secondary N) is 1. The van der Waals surface area contributed by atoms with Crippen molar-refractivity contribution in [2.24, 2.45) is 0 Å². The monoisotopic (exact) mass is 444 g/mol. The number of methoxy groups -OCH3 is 1. The van der Waals surface area contributed by atoms with Crippen molar-refractivity contribution in [3.8, 4) is 11.5 Å². The van der Waals surface area contributed by atoms with E-state index in [-0.39, 0.29) is 30.8 Å². The molecule has 0 aliphatic carbocycles. The summed E-state index contributed by atoms with van der Waals surface area (Å²) in [5, 5.41) is 2.90. The van der Waals surface area contributed by atoms with Gasteiger partial charge in [-0.25, -0.2) is 4.39 Å². The van der Waals surface area contributed by atoms with Crippen LogP contribution in [0.5, 0.6) is 11.5 Å². The summed E-state index contributed by atoms with van der Waals surface area (Å²) in [4.78, 5) is 27.1. The molecule has 0 bridgehead atoms. The normalized spacial score (nSPS) is 12.5. The lowest BCUT2D eigenvalue weighted by Gasteiger charge is -2.30. The number of ether oxygens (including phenoxy) is 2. The predicted molar refractivity (Wildman–Crippen MR) is 122 cm³/mol. The molecule has 2 aromatic carbocycles. The van der Waals surface area contributed by atoms with Gasteiger partial charge in [-0.3, -0.25) is 9.59 Å². The van der Waals surface area contributed by atoms with Crippen LogP contribution in [0, 0.1) is 5.82 Å². The first-order chi connectivity index (χ1) is 15.3. The maximum absolute atomic E-state index is 14.2. The van der Waals surface area contributed by atoms with Crippen molar-refractivity contribution >= 4 is 11.8 Å². The van der Waals surface area contributed by atoms with Crippen LogP contribution in [0.15, 0.2) is 48.5 Å². The Bertz CT molecular complexity index is 873. The number of rotatable bonds is 12. The smallest absolute Gasteiger partial charge is 0.242 e. The van der Waals surface area contributed by atoms with Gasteiger partial charge in [-0.2, -0.15) is 0 Å².